The van der Waals surface area contributed by atoms with Crippen LogP contribution in [0.3, 0.4) is 0 Å². The summed E-state index contributed by atoms with van der Waals surface area (Å²) in [5.74, 6) is -0.228. The van der Waals surface area contributed by atoms with Crippen molar-refractivity contribution in [2.24, 2.45) is 7.05 Å². The first-order chi connectivity index (χ1) is 9.16. The lowest BCUT2D eigenvalue weighted by Gasteiger charge is -2.11. The Hall–Kier alpha value is -1.20. The molecule has 1 unspecified atom stereocenters. The van der Waals surface area contributed by atoms with Crippen molar-refractivity contribution in [3.63, 3.8) is 0 Å². The van der Waals surface area contributed by atoms with E-state index in [-0.39, 0.29) is 5.82 Å². The zero-order chi connectivity index (χ0) is 13.4. The lowest BCUT2D eigenvalue weighted by atomic mass is 10.1. The van der Waals surface area contributed by atoms with Crippen LogP contribution >= 0.6 is 15.9 Å². The van der Waals surface area contributed by atoms with E-state index in [9.17, 15) is 4.39 Å². The number of hydrogen-bond donors (Lipinski definition) is 1. The fourth-order valence-electron chi connectivity index (χ4n) is 2.60. The minimum absolute atomic E-state index is 0.228. The van der Waals surface area contributed by atoms with Gasteiger partial charge in [-0.1, -0.05) is 0 Å². The highest BCUT2D eigenvalue weighted by atomic mass is 79.9. The predicted molar refractivity (Wildman–Crippen MR) is 76.3 cm³/mol. The molecule has 1 aromatic heterocycles. The van der Waals surface area contributed by atoms with E-state index in [0.717, 1.165) is 34.4 Å². The third-order valence-electron chi connectivity index (χ3n) is 3.54. The molecule has 0 amide bonds. The smallest absolute Gasteiger partial charge is 0.123 e. The molecule has 1 atom stereocenters. The third kappa shape index (κ3) is 2.32. The molecule has 0 bridgehead atoms. The van der Waals surface area contributed by atoms with Crippen LogP contribution in [0.25, 0.3) is 11.3 Å². The normalized spacial score (nSPS) is 19.0. The largest absolute Gasteiger partial charge is 0.309 e. The summed E-state index contributed by atoms with van der Waals surface area (Å²) in [5.41, 5.74) is 2.95. The Balaban J connectivity index is 2.03. The first kappa shape index (κ1) is 12.8. The molecule has 19 heavy (non-hydrogen) atoms. The van der Waals surface area contributed by atoms with Crippen molar-refractivity contribution in [3.05, 3.63) is 40.2 Å². The van der Waals surface area contributed by atoms with Crippen molar-refractivity contribution < 1.29 is 4.39 Å². The fraction of sp³-hybridized carbons (Fsp3) is 0.357. The molecule has 1 N–H and O–H groups in total. The molecule has 1 aliphatic rings. The van der Waals surface area contributed by atoms with Gasteiger partial charge in [0.25, 0.3) is 0 Å². The maximum absolute atomic E-state index is 13.0. The number of nitrogens with zero attached hydrogens (tertiary/aromatic N) is 2. The summed E-state index contributed by atoms with van der Waals surface area (Å²) in [5, 5.41) is 8.04. The van der Waals surface area contributed by atoms with Gasteiger partial charge in [0.15, 0.2) is 0 Å². The van der Waals surface area contributed by atoms with Gasteiger partial charge in [0.05, 0.1) is 16.2 Å². The van der Waals surface area contributed by atoms with Crippen molar-refractivity contribution in [2.45, 2.75) is 18.9 Å². The van der Waals surface area contributed by atoms with Gasteiger partial charge >= 0.3 is 0 Å². The van der Waals surface area contributed by atoms with Crippen LogP contribution in [-0.2, 0) is 7.05 Å². The van der Waals surface area contributed by atoms with Crippen LogP contribution in [0, 0.1) is 5.82 Å². The summed E-state index contributed by atoms with van der Waals surface area (Å²) in [6, 6.07) is 6.79. The molecular formula is C14H15BrFN3. The second kappa shape index (κ2) is 5.06. The number of benzene rings is 1. The van der Waals surface area contributed by atoms with Gasteiger partial charge in [-0.15, -0.1) is 0 Å². The quantitative estimate of drug-likeness (QED) is 0.917. The Labute approximate surface area is 119 Å². The second-order valence-electron chi connectivity index (χ2n) is 4.83. The Bertz CT molecular complexity index is 585. The van der Waals surface area contributed by atoms with Gasteiger partial charge in [0.2, 0.25) is 0 Å². The Morgan fingerprint density at radius 1 is 1.37 bits per heavy atom. The Morgan fingerprint density at radius 3 is 2.74 bits per heavy atom. The molecule has 0 radical (unpaired) electrons. The van der Waals surface area contributed by atoms with Crippen LogP contribution in [0.15, 0.2) is 28.7 Å². The molecule has 1 fully saturated rings. The Morgan fingerprint density at radius 2 is 2.11 bits per heavy atom. The molecule has 3 nitrogen and oxygen atoms in total. The highest BCUT2D eigenvalue weighted by Gasteiger charge is 2.25. The van der Waals surface area contributed by atoms with Gasteiger partial charge in [-0.05, 0) is 59.6 Å². The van der Waals surface area contributed by atoms with Gasteiger partial charge in [0, 0.05) is 12.6 Å². The number of rotatable bonds is 2. The van der Waals surface area contributed by atoms with Gasteiger partial charge < -0.3 is 5.32 Å². The topological polar surface area (TPSA) is 29.9 Å². The summed E-state index contributed by atoms with van der Waals surface area (Å²) in [6.45, 7) is 1.05. The number of halogens is 2. The highest BCUT2D eigenvalue weighted by molar-refractivity contribution is 9.10. The molecule has 1 aliphatic heterocycles. The SMILES string of the molecule is Cn1nc(-c2ccc(F)cc2)c(Br)c1C1CCCN1. The van der Waals surface area contributed by atoms with Gasteiger partial charge in [0.1, 0.15) is 11.5 Å². The van der Waals surface area contributed by atoms with E-state index in [0.29, 0.717) is 6.04 Å². The summed E-state index contributed by atoms with van der Waals surface area (Å²) >= 11 is 3.65. The van der Waals surface area contributed by atoms with Crippen molar-refractivity contribution in [2.75, 3.05) is 6.54 Å². The van der Waals surface area contributed by atoms with E-state index in [1.165, 1.54) is 18.6 Å². The van der Waals surface area contributed by atoms with Crippen molar-refractivity contribution in [1.82, 2.24) is 15.1 Å². The molecule has 0 spiro atoms. The lowest BCUT2D eigenvalue weighted by molar-refractivity contribution is 0.572. The van der Waals surface area contributed by atoms with Crippen molar-refractivity contribution in [3.8, 4) is 11.3 Å². The molecule has 3 rings (SSSR count). The van der Waals surface area contributed by atoms with E-state index in [2.05, 4.69) is 26.3 Å². The zero-order valence-electron chi connectivity index (χ0n) is 10.7. The van der Waals surface area contributed by atoms with Crippen LogP contribution in [0.1, 0.15) is 24.6 Å². The summed E-state index contributed by atoms with van der Waals surface area (Å²) in [6.07, 6.45) is 2.31. The minimum atomic E-state index is -0.228. The molecule has 2 heterocycles. The molecule has 1 saturated heterocycles. The highest BCUT2D eigenvalue weighted by Crippen LogP contribution is 2.36. The van der Waals surface area contributed by atoms with Gasteiger partial charge in [-0.2, -0.15) is 5.10 Å². The van der Waals surface area contributed by atoms with Gasteiger partial charge in [-0.25, -0.2) is 4.39 Å². The lowest BCUT2D eigenvalue weighted by Crippen LogP contribution is -2.16. The van der Waals surface area contributed by atoms with E-state index in [4.69, 9.17) is 0 Å². The van der Waals surface area contributed by atoms with Crippen LogP contribution in [-0.4, -0.2) is 16.3 Å². The maximum Gasteiger partial charge on any atom is 0.123 e. The molecule has 5 heteroatoms. The molecule has 100 valence electrons. The second-order valence-corrected chi connectivity index (χ2v) is 5.62. The van der Waals surface area contributed by atoms with Crippen LogP contribution < -0.4 is 5.32 Å². The van der Waals surface area contributed by atoms with Crippen LogP contribution in [0.4, 0.5) is 4.39 Å². The maximum atomic E-state index is 13.0. The van der Waals surface area contributed by atoms with E-state index in [1.807, 2.05) is 11.7 Å². The standard InChI is InChI=1S/C14H15BrFN3/c1-19-14(11-3-2-8-17-11)12(15)13(18-19)9-4-6-10(16)7-5-9/h4-7,11,17H,2-3,8H2,1H3. The van der Waals surface area contributed by atoms with Crippen molar-refractivity contribution >= 4 is 15.9 Å². The number of aryl methyl sites for hydroxylation is 1. The van der Waals surface area contributed by atoms with E-state index >= 15 is 0 Å². The van der Waals surface area contributed by atoms with Crippen LogP contribution in [0.5, 0.6) is 0 Å². The first-order valence-electron chi connectivity index (χ1n) is 6.38. The molecular weight excluding hydrogens is 309 g/mol. The third-order valence-corrected chi connectivity index (χ3v) is 4.32. The number of hydrogen-bond acceptors (Lipinski definition) is 2. The fourth-order valence-corrected chi connectivity index (χ4v) is 3.44. The number of nitrogens with one attached hydrogen (secondary N) is 1. The average molecular weight is 324 g/mol. The molecule has 2 aromatic rings. The van der Waals surface area contributed by atoms with Gasteiger partial charge in [-0.3, -0.25) is 4.68 Å². The van der Waals surface area contributed by atoms with Crippen LogP contribution in [0.2, 0.25) is 0 Å². The number of aromatic nitrogens is 2. The average Bonchev–Trinajstić information content (AvgIpc) is 2.99. The van der Waals surface area contributed by atoms with Crippen molar-refractivity contribution in [1.29, 1.82) is 0 Å². The molecule has 1 aromatic carbocycles. The minimum Gasteiger partial charge on any atom is -0.309 e. The predicted octanol–water partition coefficient (Wildman–Crippen LogP) is 3.41. The Kier molecular flexibility index (Phi) is 3.41. The van der Waals surface area contributed by atoms with E-state index < -0.39 is 0 Å². The summed E-state index contributed by atoms with van der Waals surface area (Å²) in [7, 11) is 1.95. The molecule has 0 saturated carbocycles. The monoisotopic (exact) mass is 323 g/mol. The summed E-state index contributed by atoms with van der Waals surface area (Å²) < 4.78 is 15.9. The molecule has 0 aliphatic carbocycles. The zero-order valence-corrected chi connectivity index (χ0v) is 12.2. The first-order valence-corrected chi connectivity index (χ1v) is 7.18. The summed E-state index contributed by atoms with van der Waals surface area (Å²) in [4.78, 5) is 0. The van der Waals surface area contributed by atoms with E-state index in [1.54, 1.807) is 12.1 Å².